The van der Waals surface area contributed by atoms with Gasteiger partial charge in [-0.3, -0.25) is 4.90 Å². The highest BCUT2D eigenvalue weighted by Crippen LogP contribution is 2.35. The molecule has 1 saturated heterocycles. The summed E-state index contributed by atoms with van der Waals surface area (Å²) in [6.07, 6.45) is -5.85. The van der Waals surface area contributed by atoms with Crippen LogP contribution in [0.15, 0.2) is 24.3 Å². The maximum Gasteiger partial charge on any atom is 0.416 e. The fourth-order valence-corrected chi connectivity index (χ4v) is 2.56. The number of amides is 2. The third kappa shape index (κ3) is 2.98. The zero-order chi connectivity index (χ0) is 16.7. The lowest BCUT2D eigenvalue weighted by Gasteiger charge is -2.25. The van der Waals surface area contributed by atoms with E-state index in [0.717, 1.165) is 22.4 Å². The first-order valence-electron chi connectivity index (χ1n) is 5.66. The minimum Gasteiger partial charge on any atom is -0.269 e. The normalized spacial score (nSPS) is 20.1. The van der Waals surface area contributed by atoms with Crippen molar-refractivity contribution >= 4 is 52.5 Å². The second kappa shape index (κ2) is 6.15. The summed E-state index contributed by atoms with van der Waals surface area (Å²) in [6, 6.07) is 2.59. The van der Waals surface area contributed by atoms with Gasteiger partial charge < -0.3 is 0 Å². The fourth-order valence-electron chi connectivity index (χ4n) is 1.93. The first-order valence-corrected chi connectivity index (χ1v) is 7.01. The standard InChI is InChI=1S/C11H7Cl2F4N3OS/c12-9(13)19-8(5-22)18(10(21)20(19)17)7-3-1-2-6(4-7)11(14,15)16/h1-5,8-9H. The number of benzene rings is 1. The lowest BCUT2D eigenvalue weighted by molar-refractivity contribution is -0.137. The Morgan fingerprint density at radius 3 is 2.45 bits per heavy atom. The molecular formula is C11H7Cl2F4N3OS. The summed E-state index contributed by atoms with van der Waals surface area (Å²) in [5.74, 6) is 0. The Morgan fingerprint density at radius 2 is 1.95 bits per heavy atom. The van der Waals surface area contributed by atoms with E-state index in [9.17, 15) is 22.4 Å². The van der Waals surface area contributed by atoms with E-state index < -0.39 is 34.1 Å². The molecule has 2 rings (SSSR count). The van der Waals surface area contributed by atoms with E-state index in [0.29, 0.717) is 11.1 Å². The molecule has 0 spiro atoms. The minimum atomic E-state index is -4.61. The van der Waals surface area contributed by atoms with Crippen molar-refractivity contribution in [3.05, 3.63) is 29.8 Å². The van der Waals surface area contributed by atoms with Crippen molar-refractivity contribution in [1.82, 2.24) is 10.2 Å². The smallest absolute Gasteiger partial charge is 0.269 e. The molecule has 1 atom stereocenters. The number of thiocarbonyl (C=S) groups is 1. The van der Waals surface area contributed by atoms with Crippen LogP contribution in [0.2, 0.25) is 0 Å². The number of carbonyl (C=O) groups excluding carboxylic acids is 1. The molecule has 1 fully saturated rings. The Kier molecular flexibility index (Phi) is 4.81. The first-order chi connectivity index (χ1) is 10.2. The quantitative estimate of drug-likeness (QED) is 0.261. The van der Waals surface area contributed by atoms with Crippen molar-refractivity contribution < 1.29 is 22.4 Å². The number of hydrogen-bond donors (Lipinski definition) is 0. The van der Waals surface area contributed by atoms with Crippen LogP contribution in [0.1, 0.15) is 5.56 Å². The molecule has 1 heterocycles. The van der Waals surface area contributed by atoms with Gasteiger partial charge in [0.25, 0.3) is 0 Å². The van der Waals surface area contributed by atoms with Crippen molar-refractivity contribution in [3.63, 3.8) is 0 Å². The number of anilines is 1. The van der Waals surface area contributed by atoms with Gasteiger partial charge in [0, 0.05) is 11.1 Å². The number of urea groups is 1. The number of hydrogen-bond acceptors (Lipinski definition) is 3. The van der Waals surface area contributed by atoms with Crippen molar-refractivity contribution in [2.45, 2.75) is 17.3 Å². The van der Waals surface area contributed by atoms with E-state index in [1.165, 1.54) is 6.07 Å². The van der Waals surface area contributed by atoms with Crippen LogP contribution in [0, 0.1) is 0 Å². The molecule has 0 saturated carbocycles. The van der Waals surface area contributed by atoms with Gasteiger partial charge in [-0.1, -0.05) is 51.2 Å². The predicted octanol–water partition coefficient (Wildman–Crippen LogP) is 4.14. The van der Waals surface area contributed by atoms with Crippen LogP contribution in [0.4, 0.5) is 28.1 Å². The average molecular weight is 376 g/mol. The van der Waals surface area contributed by atoms with Gasteiger partial charge in [0.2, 0.25) is 0 Å². The van der Waals surface area contributed by atoms with Crippen LogP contribution < -0.4 is 4.90 Å². The fraction of sp³-hybridized carbons (Fsp3) is 0.273. The Bertz CT molecular complexity index is 601. The molecule has 11 heteroatoms. The molecule has 1 aliphatic rings. The second-order valence-corrected chi connectivity index (χ2v) is 5.49. The van der Waals surface area contributed by atoms with Gasteiger partial charge in [-0.05, 0) is 18.2 Å². The topological polar surface area (TPSA) is 26.8 Å². The van der Waals surface area contributed by atoms with E-state index in [1.54, 1.807) is 0 Å². The number of carbonyl (C=O) groups is 1. The molecule has 1 aliphatic heterocycles. The summed E-state index contributed by atoms with van der Waals surface area (Å²) in [4.78, 5) is 11.2. The molecule has 1 unspecified atom stereocenters. The monoisotopic (exact) mass is 375 g/mol. The Labute approximate surface area is 137 Å². The summed E-state index contributed by atoms with van der Waals surface area (Å²) < 4.78 is 52.1. The molecule has 1 aromatic rings. The van der Waals surface area contributed by atoms with E-state index >= 15 is 0 Å². The van der Waals surface area contributed by atoms with Gasteiger partial charge in [0.15, 0.2) is 4.96 Å². The van der Waals surface area contributed by atoms with Gasteiger partial charge in [-0.25, -0.2) is 4.79 Å². The minimum absolute atomic E-state index is 0.190. The lowest BCUT2D eigenvalue weighted by Crippen LogP contribution is -2.43. The SMILES string of the molecule is O=C1N(c2cccc(C(F)(F)F)c2)C(C=S)N(C(Cl)Cl)N1F. The highest BCUT2D eigenvalue weighted by Gasteiger charge is 2.48. The molecule has 0 aliphatic carbocycles. The zero-order valence-corrected chi connectivity index (χ0v) is 12.8. The van der Waals surface area contributed by atoms with Crippen molar-refractivity contribution in [3.8, 4) is 0 Å². The summed E-state index contributed by atoms with van der Waals surface area (Å²) in [5.41, 5.74) is -1.18. The van der Waals surface area contributed by atoms with Gasteiger partial charge >= 0.3 is 12.2 Å². The third-order valence-corrected chi connectivity index (χ3v) is 3.52. The number of alkyl halides is 5. The van der Waals surface area contributed by atoms with Gasteiger partial charge in [0.05, 0.1) is 5.56 Å². The molecule has 0 bridgehead atoms. The highest BCUT2D eigenvalue weighted by atomic mass is 35.5. The van der Waals surface area contributed by atoms with Crippen molar-refractivity contribution in [1.29, 1.82) is 0 Å². The van der Waals surface area contributed by atoms with E-state index in [1.807, 2.05) is 0 Å². The van der Waals surface area contributed by atoms with E-state index in [4.69, 9.17) is 35.4 Å². The average Bonchev–Trinajstić information content (AvgIpc) is 2.70. The highest BCUT2D eigenvalue weighted by molar-refractivity contribution is 7.79. The third-order valence-electron chi connectivity index (χ3n) is 2.88. The van der Waals surface area contributed by atoms with Crippen LogP contribution in [-0.4, -0.2) is 32.8 Å². The van der Waals surface area contributed by atoms with Crippen LogP contribution in [-0.2, 0) is 6.18 Å². The molecule has 4 nitrogen and oxygen atoms in total. The Hall–Kier alpha value is -1.16. The number of nitrogens with zero attached hydrogens (tertiary/aromatic N) is 3. The summed E-state index contributed by atoms with van der Waals surface area (Å²) in [7, 11) is 0. The molecule has 1 aromatic carbocycles. The zero-order valence-electron chi connectivity index (χ0n) is 10.5. The first kappa shape index (κ1) is 17.2. The molecule has 22 heavy (non-hydrogen) atoms. The second-order valence-electron chi connectivity index (χ2n) is 4.17. The number of halogens is 6. The summed E-state index contributed by atoms with van der Waals surface area (Å²) in [6.45, 7) is 0. The van der Waals surface area contributed by atoms with Crippen LogP contribution >= 0.6 is 35.4 Å². The molecular weight excluding hydrogens is 369 g/mol. The van der Waals surface area contributed by atoms with Gasteiger partial charge in [-0.2, -0.15) is 13.2 Å². The van der Waals surface area contributed by atoms with Crippen LogP contribution in [0.3, 0.4) is 0 Å². The molecule has 0 aromatic heterocycles. The maximum absolute atomic E-state index is 13.9. The Balaban J connectivity index is 2.47. The summed E-state index contributed by atoms with van der Waals surface area (Å²) in [5, 5.41) is 1.16. The maximum atomic E-state index is 13.9. The number of hydrazine groups is 1. The molecule has 0 N–H and O–H groups in total. The van der Waals surface area contributed by atoms with E-state index in [2.05, 4.69) is 0 Å². The van der Waals surface area contributed by atoms with Crippen molar-refractivity contribution in [2.75, 3.05) is 4.90 Å². The summed E-state index contributed by atoms with van der Waals surface area (Å²) >= 11 is 15.8. The van der Waals surface area contributed by atoms with E-state index in [-0.39, 0.29) is 5.69 Å². The molecule has 2 amide bonds. The number of rotatable bonds is 3. The Morgan fingerprint density at radius 1 is 1.32 bits per heavy atom. The predicted molar refractivity (Wildman–Crippen MR) is 77.0 cm³/mol. The lowest BCUT2D eigenvalue weighted by atomic mass is 10.2. The van der Waals surface area contributed by atoms with Crippen LogP contribution in [0.5, 0.6) is 0 Å². The van der Waals surface area contributed by atoms with Crippen molar-refractivity contribution in [2.24, 2.45) is 0 Å². The van der Waals surface area contributed by atoms with Gasteiger partial charge in [-0.15, -0.1) is 5.01 Å². The van der Waals surface area contributed by atoms with Gasteiger partial charge in [0.1, 0.15) is 6.17 Å². The molecule has 120 valence electrons. The molecule has 0 radical (unpaired) electrons. The van der Waals surface area contributed by atoms with Crippen LogP contribution in [0.25, 0.3) is 0 Å². The largest absolute Gasteiger partial charge is 0.416 e.